The molecule has 0 amide bonds. The lowest BCUT2D eigenvalue weighted by molar-refractivity contribution is 0.480. The van der Waals surface area contributed by atoms with Crippen LogP contribution < -0.4 is 10.1 Å². The van der Waals surface area contributed by atoms with Crippen LogP contribution in [0.25, 0.3) is 0 Å². The van der Waals surface area contributed by atoms with Crippen LogP contribution in [-0.4, -0.2) is 6.54 Å². The summed E-state index contributed by atoms with van der Waals surface area (Å²) in [5.74, 6) is 1.27. The van der Waals surface area contributed by atoms with Crippen molar-refractivity contribution in [2.45, 2.75) is 19.9 Å². The van der Waals surface area contributed by atoms with E-state index >= 15 is 0 Å². The lowest BCUT2D eigenvalue weighted by Crippen LogP contribution is -2.17. The number of rotatable bonds is 5. The maximum atomic E-state index is 9.08. The van der Waals surface area contributed by atoms with E-state index in [4.69, 9.17) is 10.00 Å². The summed E-state index contributed by atoms with van der Waals surface area (Å²) in [6.07, 6.45) is 0. The van der Waals surface area contributed by atoms with Gasteiger partial charge in [0.25, 0.3) is 0 Å². The van der Waals surface area contributed by atoms with Crippen molar-refractivity contribution in [2.75, 3.05) is 6.54 Å². The molecular weight excluding hydrogens is 328 g/mol. The van der Waals surface area contributed by atoms with Crippen molar-refractivity contribution < 1.29 is 4.74 Å². The van der Waals surface area contributed by atoms with Gasteiger partial charge in [-0.25, -0.2) is 0 Å². The van der Waals surface area contributed by atoms with Gasteiger partial charge < -0.3 is 10.1 Å². The minimum absolute atomic E-state index is 0.268. The van der Waals surface area contributed by atoms with Gasteiger partial charge in [-0.3, -0.25) is 0 Å². The fraction of sp³-hybridized carbons (Fsp3) is 0.235. The molecule has 108 valence electrons. The number of halogens is 1. The summed E-state index contributed by atoms with van der Waals surface area (Å²) >= 11 is 3.58. The zero-order chi connectivity index (χ0) is 15.2. The molecule has 1 unspecified atom stereocenters. The molecule has 4 heteroatoms. The van der Waals surface area contributed by atoms with Crippen molar-refractivity contribution in [1.29, 1.82) is 5.26 Å². The van der Waals surface area contributed by atoms with Gasteiger partial charge in [0, 0.05) is 10.5 Å². The maximum Gasteiger partial charge on any atom is 0.145 e. The fourth-order valence-corrected chi connectivity index (χ4v) is 2.81. The zero-order valence-corrected chi connectivity index (χ0v) is 13.6. The first-order valence-corrected chi connectivity index (χ1v) is 7.64. The summed E-state index contributed by atoms with van der Waals surface area (Å²) < 4.78 is 6.79. The molecule has 0 radical (unpaired) electrons. The van der Waals surface area contributed by atoms with E-state index in [-0.39, 0.29) is 6.04 Å². The molecule has 0 aliphatic carbocycles. The summed E-state index contributed by atoms with van der Waals surface area (Å²) in [4.78, 5) is 0. The van der Waals surface area contributed by atoms with Crippen molar-refractivity contribution >= 4 is 15.9 Å². The maximum absolute atomic E-state index is 9.08. The Bertz CT molecular complexity index is 664. The number of nitriles is 1. The summed E-state index contributed by atoms with van der Waals surface area (Å²) in [6.45, 7) is 5.12. The van der Waals surface area contributed by atoms with Gasteiger partial charge in [-0.2, -0.15) is 5.26 Å². The Kier molecular flexibility index (Phi) is 5.38. The first-order chi connectivity index (χ1) is 10.2. The number of para-hydroxylation sites is 1. The largest absolute Gasteiger partial charge is 0.456 e. The standard InChI is InChI=1S/C17H17BrN2O/c1-3-20-12(2)15-9-8-14(10-16(15)18)21-17-7-5-4-6-13(17)11-19/h4-10,12,20H,3H2,1-2H3. The molecule has 1 N–H and O–H groups in total. The van der Waals surface area contributed by atoms with E-state index in [9.17, 15) is 0 Å². The molecule has 0 bridgehead atoms. The van der Waals surface area contributed by atoms with E-state index in [1.807, 2.05) is 30.3 Å². The molecule has 1 atom stereocenters. The van der Waals surface area contributed by atoms with Crippen LogP contribution in [0.15, 0.2) is 46.9 Å². The fourth-order valence-electron chi connectivity index (χ4n) is 2.11. The second-order valence-corrected chi connectivity index (χ2v) is 5.53. The van der Waals surface area contributed by atoms with Crippen LogP contribution in [0, 0.1) is 11.3 Å². The Hall–Kier alpha value is -1.83. The molecule has 0 heterocycles. The quantitative estimate of drug-likeness (QED) is 0.848. The average Bonchev–Trinajstić information content (AvgIpc) is 2.48. The molecule has 0 aliphatic rings. The molecule has 0 spiro atoms. The van der Waals surface area contributed by atoms with E-state index in [1.165, 1.54) is 5.56 Å². The Balaban J connectivity index is 2.23. The van der Waals surface area contributed by atoms with Crippen molar-refractivity contribution in [3.8, 4) is 17.6 Å². The highest BCUT2D eigenvalue weighted by atomic mass is 79.9. The third kappa shape index (κ3) is 3.84. The van der Waals surface area contributed by atoms with E-state index in [2.05, 4.69) is 41.2 Å². The van der Waals surface area contributed by atoms with E-state index in [0.717, 1.165) is 11.0 Å². The Labute approximate surface area is 133 Å². The van der Waals surface area contributed by atoms with Gasteiger partial charge in [-0.15, -0.1) is 0 Å². The van der Waals surface area contributed by atoms with Gasteiger partial charge in [0.1, 0.15) is 17.6 Å². The van der Waals surface area contributed by atoms with Crippen LogP contribution >= 0.6 is 15.9 Å². The monoisotopic (exact) mass is 344 g/mol. The molecule has 0 saturated heterocycles. The highest BCUT2D eigenvalue weighted by Crippen LogP contribution is 2.31. The number of hydrogen-bond acceptors (Lipinski definition) is 3. The van der Waals surface area contributed by atoms with Crippen LogP contribution in [0.1, 0.15) is 31.0 Å². The number of benzene rings is 2. The molecular formula is C17H17BrN2O. The summed E-state index contributed by atoms with van der Waals surface area (Å²) in [7, 11) is 0. The summed E-state index contributed by atoms with van der Waals surface area (Å²) in [6, 6.07) is 15.5. The lowest BCUT2D eigenvalue weighted by atomic mass is 10.1. The SMILES string of the molecule is CCNC(C)c1ccc(Oc2ccccc2C#N)cc1Br. The van der Waals surface area contributed by atoms with Gasteiger partial charge in [0.15, 0.2) is 0 Å². The smallest absolute Gasteiger partial charge is 0.145 e. The molecule has 2 aromatic rings. The molecule has 21 heavy (non-hydrogen) atoms. The van der Waals surface area contributed by atoms with E-state index < -0.39 is 0 Å². The average molecular weight is 345 g/mol. The van der Waals surface area contributed by atoms with Gasteiger partial charge in [-0.05, 0) is 43.3 Å². The molecule has 2 rings (SSSR count). The van der Waals surface area contributed by atoms with Crippen LogP contribution in [-0.2, 0) is 0 Å². The van der Waals surface area contributed by atoms with Crippen LogP contribution in [0.3, 0.4) is 0 Å². The molecule has 0 fully saturated rings. The minimum atomic E-state index is 0.268. The topological polar surface area (TPSA) is 45.0 Å². The predicted octanol–water partition coefficient (Wildman–Crippen LogP) is 4.78. The third-order valence-corrected chi connectivity index (χ3v) is 3.87. The van der Waals surface area contributed by atoms with Gasteiger partial charge in [0.05, 0.1) is 5.56 Å². The second kappa shape index (κ2) is 7.26. The molecule has 3 nitrogen and oxygen atoms in total. The van der Waals surface area contributed by atoms with Gasteiger partial charge in [-0.1, -0.05) is 41.1 Å². The number of hydrogen-bond donors (Lipinski definition) is 1. The van der Waals surface area contributed by atoms with Gasteiger partial charge in [0.2, 0.25) is 0 Å². The predicted molar refractivity (Wildman–Crippen MR) is 87.5 cm³/mol. The van der Waals surface area contributed by atoms with Gasteiger partial charge >= 0.3 is 0 Å². The summed E-state index contributed by atoms with van der Waals surface area (Å²) in [5.41, 5.74) is 1.71. The normalized spacial score (nSPS) is 11.7. The van der Waals surface area contributed by atoms with Crippen LogP contribution in [0.5, 0.6) is 11.5 Å². The van der Waals surface area contributed by atoms with E-state index in [0.29, 0.717) is 17.1 Å². The van der Waals surface area contributed by atoms with Crippen molar-refractivity contribution in [3.05, 3.63) is 58.1 Å². The highest BCUT2D eigenvalue weighted by Gasteiger charge is 2.10. The van der Waals surface area contributed by atoms with Crippen LogP contribution in [0.4, 0.5) is 0 Å². The first-order valence-electron chi connectivity index (χ1n) is 6.85. The Morgan fingerprint density at radius 3 is 2.71 bits per heavy atom. The Morgan fingerprint density at radius 2 is 2.05 bits per heavy atom. The lowest BCUT2D eigenvalue weighted by Gasteiger charge is -2.16. The van der Waals surface area contributed by atoms with Crippen molar-refractivity contribution in [2.24, 2.45) is 0 Å². The minimum Gasteiger partial charge on any atom is -0.456 e. The molecule has 0 aliphatic heterocycles. The molecule has 2 aromatic carbocycles. The Morgan fingerprint density at radius 1 is 1.29 bits per heavy atom. The van der Waals surface area contributed by atoms with E-state index in [1.54, 1.807) is 12.1 Å². The number of nitrogens with zero attached hydrogens (tertiary/aromatic N) is 1. The molecule has 0 aromatic heterocycles. The van der Waals surface area contributed by atoms with Crippen LogP contribution in [0.2, 0.25) is 0 Å². The second-order valence-electron chi connectivity index (χ2n) is 4.67. The van der Waals surface area contributed by atoms with Crippen molar-refractivity contribution in [1.82, 2.24) is 5.32 Å². The highest BCUT2D eigenvalue weighted by molar-refractivity contribution is 9.10. The number of ether oxygens (including phenoxy) is 1. The third-order valence-electron chi connectivity index (χ3n) is 3.18. The zero-order valence-electron chi connectivity index (χ0n) is 12.1. The molecule has 0 saturated carbocycles. The summed E-state index contributed by atoms with van der Waals surface area (Å²) in [5, 5.41) is 12.5. The van der Waals surface area contributed by atoms with Crippen molar-refractivity contribution in [3.63, 3.8) is 0 Å². The first kappa shape index (κ1) is 15.6. The number of nitrogens with one attached hydrogen (secondary N) is 1.